The summed E-state index contributed by atoms with van der Waals surface area (Å²) in [6.07, 6.45) is 3.33. The number of benzene rings is 1. The summed E-state index contributed by atoms with van der Waals surface area (Å²) in [5.74, 6) is 5.17. The van der Waals surface area contributed by atoms with E-state index < -0.39 is 0 Å². The van der Waals surface area contributed by atoms with Gasteiger partial charge in [-0.3, -0.25) is 9.78 Å². The number of aromatic nitrogens is 1. The van der Waals surface area contributed by atoms with E-state index >= 15 is 0 Å². The van der Waals surface area contributed by atoms with Gasteiger partial charge in [0, 0.05) is 17.3 Å². The van der Waals surface area contributed by atoms with Crippen LogP contribution < -0.4 is 5.32 Å². The first-order valence-corrected chi connectivity index (χ1v) is 6.53. The largest absolute Gasteiger partial charge is 0.384 e. The number of hydrogen-bond acceptors (Lipinski definition) is 3. The molecule has 2 N–H and O–H groups in total. The number of carbonyl (C=O) groups excluding carboxylic acids is 1. The Balaban J connectivity index is 2.26. The molecule has 1 heterocycles. The number of nitrogens with one attached hydrogen (secondary N) is 1. The third kappa shape index (κ3) is 3.91. The van der Waals surface area contributed by atoms with Crippen molar-refractivity contribution in [3.63, 3.8) is 0 Å². The van der Waals surface area contributed by atoms with Crippen LogP contribution in [0.2, 0.25) is 0 Å². The number of aliphatic hydroxyl groups is 1. The van der Waals surface area contributed by atoms with Crippen LogP contribution in [0.25, 0.3) is 0 Å². The summed E-state index contributed by atoms with van der Waals surface area (Å²) in [5, 5.41) is 11.5. The molecule has 0 saturated heterocycles. The lowest BCUT2D eigenvalue weighted by atomic mass is 10.0. The van der Waals surface area contributed by atoms with Crippen molar-refractivity contribution in [2.45, 2.75) is 13.8 Å². The Morgan fingerprint density at radius 3 is 2.81 bits per heavy atom. The minimum Gasteiger partial charge on any atom is -0.384 e. The Labute approximate surface area is 123 Å². The molecule has 2 rings (SSSR count). The number of amides is 1. The van der Waals surface area contributed by atoms with Gasteiger partial charge in [-0.15, -0.1) is 0 Å². The maximum atomic E-state index is 12.3. The highest BCUT2D eigenvalue weighted by molar-refractivity contribution is 6.05. The number of pyridine rings is 1. The van der Waals surface area contributed by atoms with Crippen molar-refractivity contribution in [2.24, 2.45) is 0 Å². The van der Waals surface area contributed by atoms with Crippen molar-refractivity contribution in [1.29, 1.82) is 0 Å². The molecule has 0 unspecified atom stereocenters. The normalized spacial score (nSPS) is 9.67. The fourth-order valence-corrected chi connectivity index (χ4v) is 1.91. The Morgan fingerprint density at radius 1 is 1.29 bits per heavy atom. The van der Waals surface area contributed by atoms with Crippen LogP contribution in [0.1, 0.15) is 27.0 Å². The predicted octanol–water partition coefficient (Wildman–Crippen LogP) is 2.29. The number of aryl methyl sites for hydroxylation is 2. The molecule has 0 fully saturated rings. The fraction of sp³-hybridized carbons (Fsp3) is 0.176. The zero-order valence-electron chi connectivity index (χ0n) is 12.0. The first-order chi connectivity index (χ1) is 10.1. The number of carbonyl (C=O) groups is 1. The predicted molar refractivity (Wildman–Crippen MR) is 82.1 cm³/mol. The van der Waals surface area contributed by atoms with E-state index in [1.165, 1.54) is 0 Å². The van der Waals surface area contributed by atoms with Crippen LogP contribution in [-0.2, 0) is 0 Å². The smallest absolute Gasteiger partial charge is 0.256 e. The lowest BCUT2D eigenvalue weighted by molar-refractivity contribution is 0.102. The van der Waals surface area contributed by atoms with Crippen LogP contribution in [0, 0.1) is 25.7 Å². The summed E-state index contributed by atoms with van der Waals surface area (Å²) in [6, 6.07) is 7.24. The third-order valence-electron chi connectivity index (χ3n) is 2.93. The van der Waals surface area contributed by atoms with Gasteiger partial charge in [0.05, 0.1) is 11.9 Å². The van der Waals surface area contributed by atoms with Gasteiger partial charge in [0.15, 0.2) is 0 Å². The molecular weight excluding hydrogens is 264 g/mol. The van der Waals surface area contributed by atoms with Crippen molar-refractivity contribution in [2.75, 3.05) is 11.9 Å². The Hall–Kier alpha value is -2.64. The number of nitrogens with zero attached hydrogens (tertiary/aromatic N) is 1. The zero-order valence-corrected chi connectivity index (χ0v) is 12.0. The molecule has 0 radical (unpaired) electrons. The van der Waals surface area contributed by atoms with Crippen molar-refractivity contribution < 1.29 is 9.90 Å². The number of hydrogen-bond donors (Lipinski definition) is 2. The lowest BCUT2D eigenvalue weighted by Gasteiger charge is -2.08. The highest BCUT2D eigenvalue weighted by Gasteiger charge is 2.10. The quantitative estimate of drug-likeness (QED) is 0.830. The van der Waals surface area contributed by atoms with Gasteiger partial charge in [0.25, 0.3) is 5.91 Å². The Kier molecular flexibility index (Phi) is 4.70. The van der Waals surface area contributed by atoms with Gasteiger partial charge in [-0.05, 0) is 43.2 Å². The zero-order chi connectivity index (χ0) is 15.2. The molecule has 1 aromatic heterocycles. The average molecular weight is 280 g/mol. The Bertz CT molecular complexity index is 727. The summed E-state index contributed by atoms with van der Waals surface area (Å²) >= 11 is 0. The molecule has 4 heteroatoms. The molecule has 2 aromatic rings. The summed E-state index contributed by atoms with van der Waals surface area (Å²) in [5.41, 5.74) is 3.75. The average Bonchev–Trinajstić information content (AvgIpc) is 2.46. The molecule has 0 spiro atoms. The van der Waals surface area contributed by atoms with E-state index in [1.54, 1.807) is 18.5 Å². The molecule has 1 aromatic carbocycles. The number of aliphatic hydroxyl groups excluding tert-OH is 1. The molecule has 0 saturated carbocycles. The van der Waals surface area contributed by atoms with Crippen LogP contribution >= 0.6 is 0 Å². The number of rotatable bonds is 2. The lowest BCUT2D eigenvalue weighted by Crippen LogP contribution is -2.13. The maximum Gasteiger partial charge on any atom is 0.256 e. The van der Waals surface area contributed by atoms with Gasteiger partial charge in [-0.25, -0.2) is 0 Å². The molecule has 0 bridgehead atoms. The van der Waals surface area contributed by atoms with Crippen LogP contribution in [0.5, 0.6) is 0 Å². The molecule has 0 aliphatic rings. The van der Waals surface area contributed by atoms with E-state index in [0.29, 0.717) is 16.8 Å². The van der Waals surface area contributed by atoms with Crippen LogP contribution in [-0.4, -0.2) is 22.6 Å². The molecule has 1 amide bonds. The van der Waals surface area contributed by atoms with E-state index in [0.717, 1.165) is 11.1 Å². The van der Waals surface area contributed by atoms with Crippen LogP contribution in [0.4, 0.5) is 5.69 Å². The van der Waals surface area contributed by atoms with Gasteiger partial charge < -0.3 is 10.4 Å². The third-order valence-corrected chi connectivity index (χ3v) is 2.93. The van der Waals surface area contributed by atoms with E-state index in [1.807, 2.05) is 32.0 Å². The maximum absolute atomic E-state index is 12.3. The summed E-state index contributed by atoms with van der Waals surface area (Å²) < 4.78 is 0. The SMILES string of the molecule is Cc1cncc(NC(=O)c2cc(C#CCO)ccc2C)c1. The van der Waals surface area contributed by atoms with Crippen molar-refractivity contribution in [3.8, 4) is 11.8 Å². The Morgan fingerprint density at radius 2 is 2.10 bits per heavy atom. The second-order valence-corrected chi connectivity index (χ2v) is 4.69. The molecular formula is C17H16N2O2. The van der Waals surface area contributed by atoms with Crippen LogP contribution in [0.3, 0.4) is 0 Å². The van der Waals surface area contributed by atoms with E-state index in [9.17, 15) is 4.79 Å². The van der Waals surface area contributed by atoms with Crippen molar-refractivity contribution >= 4 is 11.6 Å². The first-order valence-electron chi connectivity index (χ1n) is 6.53. The van der Waals surface area contributed by atoms with Gasteiger partial charge in [0.2, 0.25) is 0 Å². The van der Waals surface area contributed by atoms with Gasteiger partial charge in [-0.1, -0.05) is 17.9 Å². The van der Waals surface area contributed by atoms with E-state index in [-0.39, 0.29) is 12.5 Å². The van der Waals surface area contributed by atoms with Crippen molar-refractivity contribution in [3.05, 3.63) is 58.9 Å². The first kappa shape index (κ1) is 14.8. The summed E-state index contributed by atoms with van der Waals surface area (Å²) in [6.45, 7) is 3.58. The van der Waals surface area contributed by atoms with Gasteiger partial charge in [0.1, 0.15) is 6.61 Å². The molecule has 0 atom stereocenters. The number of anilines is 1. The van der Waals surface area contributed by atoms with Crippen LogP contribution in [0.15, 0.2) is 36.7 Å². The van der Waals surface area contributed by atoms with Gasteiger partial charge >= 0.3 is 0 Å². The van der Waals surface area contributed by atoms with Crippen molar-refractivity contribution in [1.82, 2.24) is 4.98 Å². The summed E-state index contributed by atoms with van der Waals surface area (Å²) in [4.78, 5) is 16.4. The minimum absolute atomic E-state index is 0.201. The second kappa shape index (κ2) is 6.69. The summed E-state index contributed by atoms with van der Waals surface area (Å²) in [7, 11) is 0. The second-order valence-electron chi connectivity index (χ2n) is 4.69. The topological polar surface area (TPSA) is 62.2 Å². The fourth-order valence-electron chi connectivity index (χ4n) is 1.91. The molecule has 0 aliphatic heterocycles. The highest BCUT2D eigenvalue weighted by Crippen LogP contribution is 2.14. The highest BCUT2D eigenvalue weighted by atomic mass is 16.2. The van der Waals surface area contributed by atoms with E-state index in [4.69, 9.17) is 5.11 Å². The molecule has 0 aliphatic carbocycles. The molecule has 4 nitrogen and oxygen atoms in total. The van der Waals surface area contributed by atoms with E-state index in [2.05, 4.69) is 22.1 Å². The monoisotopic (exact) mass is 280 g/mol. The standard InChI is InChI=1S/C17H16N2O2/c1-12-8-15(11-18-10-12)19-17(21)16-9-14(4-3-7-20)6-5-13(16)2/h5-6,8-11,20H,7H2,1-2H3,(H,19,21). The molecule has 21 heavy (non-hydrogen) atoms. The minimum atomic E-state index is -0.204. The van der Waals surface area contributed by atoms with Gasteiger partial charge in [-0.2, -0.15) is 0 Å². The molecule has 106 valence electrons.